The van der Waals surface area contributed by atoms with E-state index in [1.807, 2.05) is 0 Å². The van der Waals surface area contributed by atoms with Crippen molar-refractivity contribution in [3.8, 4) is 0 Å². The monoisotopic (exact) mass is 873 g/mol. The predicted molar refractivity (Wildman–Crippen MR) is 189 cm³/mol. The lowest BCUT2D eigenvalue weighted by Crippen LogP contribution is -2.58. The van der Waals surface area contributed by atoms with Gasteiger partial charge in [0.15, 0.2) is 11.4 Å². The van der Waals surface area contributed by atoms with Gasteiger partial charge >= 0.3 is 18.3 Å². The van der Waals surface area contributed by atoms with E-state index in [4.69, 9.17) is 24.1 Å². The number of carboxylic acid groups (broad SMARTS) is 1. The highest BCUT2D eigenvalue weighted by molar-refractivity contribution is 5.76. The van der Waals surface area contributed by atoms with Crippen LogP contribution in [0.15, 0.2) is 24.8 Å². The number of aliphatic carboxylic acids is 1. The highest BCUT2D eigenvalue weighted by Gasteiger charge is 2.41. The lowest BCUT2D eigenvalue weighted by atomic mass is 9.98. The number of halogens is 6. The van der Waals surface area contributed by atoms with Gasteiger partial charge in [0.1, 0.15) is 48.3 Å². The van der Waals surface area contributed by atoms with E-state index in [1.165, 1.54) is 0 Å². The quantitative estimate of drug-likeness (QED) is 0.0474. The fourth-order valence-corrected chi connectivity index (χ4v) is 5.69. The van der Waals surface area contributed by atoms with E-state index >= 15 is 0 Å². The first-order valence-corrected chi connectivity index (χ1v) is 18.2. The van der Waals surface area contributed by atoms with E-state index in [2.05, 4.69) is 46.5 Å². The number of nitrogens with zero attached hydrogens (tertiary/aromatic N) is 4. The van der Waals surface area contributed by atoms with Crippen molar-refractivity contribution in [2.24, 2.45) is 0 Å². The van der Waals surface area contributed by atoms with Crippen LogP contribution in [0.25, 0.3) is 0 Å². The number of hydrogen-bond donors (Lipinski definition) is 10. The number of carbonyl (C=O) groups excluding carboxylic acids is 2. The maximum absolute atomic E-state index is 12.9. The molecule has 0 aromatic carbocycles. The summed E-state index contributed by atoms with van der Waals surface area (Å²) >= 11 is 0. The Morgan fingerprint density at radius 2 is 1.12 bits per heavy atom. The molecule has 2 aliphatic heterocycles. The molecule has 4 rings (SSSR count). The highest BCUT2D eigenvalue weighted by Crippen LogP contribution is 2.29. The molecule has 0 spiro atoms. The average Bonchev–Trinajstić information content (AvgIpc) is 3.19. The minimum Gasteiger partial charge on any atom is -0.480 e. The number of alkyl halides is 6. The molecule has 0 bridgehead atoms. The zero-order chi connectivity index (χ0) is 44.0. The van der Waals surface area contributed by atoms with Gasteiger partial charge < -0.3 is 65.7 Å². The van der Waals surface area contributed by atoms with Crippen molar-refractivity contribution in [3.63, 3.8) is 0 Å². The van der Waals surface area contributed by atoms with Crippen LogP contribution in [0.2, 0.25) is 0 Å². The van der Waals surface area contributed by atoms with Gasteiger partial charge in [-0.25, -0.2) is 9.97 Å². The zero-order valence-corrected chi connectivity index (χ0v) is 31.4. The van der Waals surface area contributed by atoms with Gasteiger partial charge in [0.25, 0.3) is 0 Å². The SMILES string of the molecule is O=C(O)CNC(COCCC(=O)NC[C@H]1OC[C@H](Nc2cncc(C(F)(F)F)n2)[C@@H](O)[C@H]1O)COCCC(=O)NC[C@H]1OC[C@H](Nc2cncc(C(F)(F)F)n2)[C@@H](O)[C@H]1O. The first-order chi connectivity index (χ1) is 28.3. The summed E-state index contributed by atoms with van der Waals surface area (Å²) in [6, 6.07) is -2.77. The number of nitrogens with one attached hydrogen (secondary N) is 5. The molecule has 2 aromatic rings. The second kappa shape index (κ2) is 22.3. The number of rotatable bonds is 21. The molecule has 4 heterocycles. The molecular formula is C33H45F6N9O12. The Bertz CT molecular complexity index is 1590. The molecule has 2 fully saturated rings. The number of anilines is 2. The molecule has 2 aromatic heterocycles. The van der Waals surface area contributed by atoms with Crippen LogP contribution in [-0.4, -0.2) is 177 Å². The molecule has 21 nitrogen and oxygen atoms in total. The third-order valence-corrected chi connectivity index (χ3v) is 8.91. The van der Waals surface area contributed by atoms with Crippen molar-refractivity contribution >= 4 is 29.4 Å². The maximum Gasteiger partial charge on any atom is 0.434 e. The molecular weight excluding hydrogens is 828 g/mol. The van der Waals surface area contributed by atoms with Gasteiger partial charge in [-0.1, -0.05) is 0 Å². The molecule has 0 aliphatic carbocycles. The van der Waals surface area contributed by atoms with Gasteiger partial charge in [-0.15, -0.1) is 0 Å². The summed E-state index contributed by atoms with van der Waals surface area (Å²) in [7, 11) is 0. The van der Waals surface area contributed by atoms with Gasteiger partial charge in [-0.05, 0) is 0 Å². The van der Waals surface area contributed by atoms with Crippen LogP contribution in [0.1, 0.15) is 24.2 Å². The van der Waals surface area contributed by atoms with Gasteiger partial charge in [-0.3, -0.25) is 29.7 Å². The van der Waals surface area contributed by atoms with Crippen LogP contribution >= 0.6 is 0 Å². The molecule has 10 N–H and O–H groups in total. The van der Waals surface area contributed by atoms with Crippen LogP contribution in [0.4, 0.5) is 38.0 Å². The highest BCUT2D eigenvalue weighted by atomic mass is 19.4. The minimum atomic E-state index is -4.75. The second-order valence-corrected chi connectivity index (χ2v) is 13.5. The Morgan fingerprint density at radius 1 is 0.700 bits per heavy atom. The van der Waals surface area contributed by atoms with Crippen LogP contribution in [0, 0.1) is 0 Å². The third kappa shape index (κ3) is 15.1. The number of aliphatic hydroxyl groups is 4. The van der Waals surface area contributed by atoms with Crippen molar-refractivity contribution in [1.82, 2.24) is 35.9 Å². The zero-order valence-electron chi connectivity index (χ0n) is 31.4. The number of carbonyl (C=O) groups is 3. The number of aromatic nitrogens is 4. The lowest BCUT2D eigenvalue weighted by Gasteiger charge is -2.38. The maximum atomic E-state index is 12.9. The number of carboxylic acids is 1. The fourth-order valence-electron chi connectivity index (χ4n) is 5.69. The smallest absolute Gasteiger partial charge is 0.434 e. The first-order valence-electron chi connectivity index (χ1n) is 18.2. The average molecular weight is 874 g/mol. The van der Waals surface area contributed by atoms with Crippen molar-refractivity contribution < 1.29 is 85.2 Å². The standard InChI is InChI=1S/C33H45F6N9O12/c34-32(35,36)21-7-40-9-23(47-21)45-17-14-59-19(30(55)28(17)53)5-43-25(49)1-3-57-12-16(42-11-27(51)52)13-58-4-2-26(50)44-6-20-31(56)29(54)18(15-60-20)46-24-10-41-8-22(48-24)33(37,38)39/h7-10,16-20,28-31,42,53-56H,1-6,11-15H2,(H,43,49)(H,44,50)(H,45,47)(H,46,48)(H,51,52)/t17-,18-,19+,20+,28+,29+,30-,31-/m0/s1. The van der Waals surface area contributed by atoms with Crippen molar-refractivity contribution in [3.05, 3.63) is 36.2 Å². The second-order valence-electron chi connectivity index (χ2n) is 13.5. The third-order valence-electron chi connectivity index (χ3n) is 8.91. The van der Waals surface area contributed by atoms with E-state index in [-0.39, 0.29) is 77.2 Å². The number of aliphatic hydroxyl groups excluding tert-OH is 4. The van der Waals surface area contributed by atoms with Crippen LogP contribution in [0.5, 0.6) is 0 Å². The molecule has 2 aliphatic rings. The lowest BCUT2D eigenvalue weighted by molar-refractivity contribution is -0.143. The van der Waals surface area contributed by atoms with Crippen molar-refractivity contribution in [2.75, 3.05) is 69.9 Å². The Kier molecular flexibility index (Phi) is 17.9. The number of amides is 2. The molecule has 2 saturated heterocycles. The summed E-state index contributed by atoms with van der Waals surface area (Å²) in [5.74, 6) is -2.83. The fraction of sp³-hybridized carbons (Fsp3) is 0.667. The molecule has 336 valence electrons. The summed E-state index contributed by atoms with van der Waals surface area (Å²) < 4.78 is 99.6. The summed E-state index contributed by atoms with van der Waals surface area (Å²) in [6.45, 7) is -1.89. The van der Waals surface area contributed by atoms with Gasteiger partial charge in [0, 0.05) is 25.9 Å². The topological polar surface area (TPSA) is 301 Å². The van der Waals surface area contributed by atoms with E-state index in [1.54, 1.807) is 0 Å². The Labute approximate surface area is 336 Å². The molecule has 0 unspecified atom stereocenters. The largest absolute Gasteiger partial charge is 0.480 e. The Morgan fingerprint density at radius 3 is 1.50 bits per heavy atom. The summed E-state index contributed by atoms with van der Waals surface area (Å²) in [4.78, 5) is 49.6. The molecule has 0 saturated carbocycles. The Hall–Kier alpha value is -4.61. The number of ether oxygens (including phenoxy) is 4. The summed E-state index contributed by atoms with van der Waals surface area (Å²) in [5.41, 5.74) is -2.52. The van der Waals surface area contributed by atoms with Crippen molar-refractivity contribution in [1.29, 1.82) is 0 Å². The molecule has 0 radical (unpaired) electrons. The van der Waals surface area contributed by atoms with E-state index < -0.39 is 103 Å². The van der Waals surface area contributed by atoms with Crippen LogP contribution in [0.3, 0.4) is 0 Å². The van der Waals surface area contributed by atoms with E-state index in [0.29, 0.717) is 12.4 Å². The first kappa shape index (κ1) is 48.1. The van der Waals surface area contributed by atoms with Crippen molar-refractivity contribution in [2.45, 2.75) is 79.9 Å². The van der Waals surface area contributed by atoms with E-state index in [0.717, 1.165) is 12.4 Å². The van der Waals surface area contributed by atoms with Crippen LogP contribution < -0.4 is 26.6 Å². The van der Waals surface area contributed by atoms with E-state index in [9.17, 15) is 61.2 Å². The molecule has 8 atom stereocenters. The normalized spacial score (nSPS) is 24.8. The molecule has 27 heteroatoms. The number of hydrogen-bond acceptors (Lipinski definition) is 18. The predicted octanol–water partition coefficient (Wildman–Crippen LogP) is -2.10. The minimum absolute atomic E-state index is 0.108. The summed E-state index contributed by atoms with van der Waals surface area (Å²) in [5, 5.41) is 63.9. The van der Waals surface area contributed by atoms with Crippen LogP contribution in [-0.2, 0) is 45.7 Å². The van der Waals surface area contributed by atoms with Gasteiger partial charge in [0.05, 0.1) is 89.1 Å². The Balaban J connectivity index is 1.09. The van der Waals surface area contributed by atoms with Gasteiger partial charge in [-0.2, -0.15) is 26.3 Å². The molecule has 2 amide bonds. The van der Waals surface area contributed by atoms with Gasteiger partial charge in [0.2, 0.25) is 11.8 Å². The summed E-state index contributed by atoms with van der Waals surface area (Å²) in [6.07, 6.45) is -15.0. The molecule has 60 heavy (non-hydrogen) atoms.